The zero-order chi connectivity index (χ0) is 10.4. The van der Waals surface area contributed by atoms with Crippen LogP contribution in [0.1, 0.15) is 32.1 Å². The monoisotopic (exact) mass is 207 g/mol. The summed E-state index contributed by atoms with van der Waals surface area (Å²) in [6.07, 6.45) is 6.57. The van der Waals surface area contributed by atoms with Crippen molar-refractivity contribution >= 4 is 11.7 Å². The van der Waals surface area contributed by atoms with Gasteiger partial charge in [-0.1, -0.05) is 0 Å². The molecule has 4 fully saturated rings. The molecule has 0 aliphatic heterocycles. The van der Waals surface area contributed by atoms with Crippen LogP contribution in [0.4, 0.5) is 4.79 Å². The van der Waals surface area contributed by atoms with Gasteiger partial charge in [-0.25, -0.2) is 10.2 Å². The molecule has 4 bridgehead atoms. The first-order valence-electron chi connectivity index (χ1n) is 5.85. The Morgan fingerprint density at radius 2 is 1.67 bits per heavy atom. The second-order valence-corrected chi connectivity index (χ2v) is 5.32. The van der Waals surface area contributed by atoms with Crippen LogP contribution in [0.15, 0.2) is 5.10 Å². The highest BCUT2D eigenvalue weighted by Gasteiger charge is 2.46. The topological polar surface area (TPSA) is 67.5 Å². The molecule has 0 heterocycles. The van der Waals surface area contributed by atoms with Crippen LogP contribution in [0.2, 0.25) is 0 Å². The van der Waals surface area contributed by atoms with Crippen molar-refractivity contribution in [3.63, 3.8) is 0 Å². The molecule has 2 amide bonds. The van der Waals surface area contributed by atoms with E-state index >= 15 is 0 Å². The van der Waals surface area contributed by atoms with E-state index in [1.54, 1.807) is 0 Å². The Kier molecular flexibility index (Phi) is 1.97. The summed E-state index contributed by atoms with van der Waals surface area (Å²) < 4.78 is 0. The third-order valence-corrected chi connectivity index (χ3v) is 4.27. The Bertz CT molecular complexity index is 294. The van der Waals surface area contributed by atoms with E-state index in [0.29, 0.717) is 11.8 Å². The number of hydrazone groups is 1. The predicted octanol–water partition coefficient (Wildman–Crippen LogP) is 1.47. The molecule has 0 aromatic carbocycles. The van der Waals surface area contributed by atoms with Crippen LogP contribution in [0.5, 0.6) is 0 Å². The van der Waals surface area contributed by atoms with Crippen molar-refractivity contribution in [2.45, 2.75) is 32.1 Å². The molecule has 3 N–H and O–H groups in total. The van der Waals surface area contributed by atoms with E-state index in [2.05, 4.69) is 10.5 Å². The lowest BCUT2D eigenvalue weighted by molar-refractivity contribution is 0.108. The van der Waals surface area contributed by atoms with Crippen LogP contribution in [-0.2, 0) is 0 Å². The van der Waals surface area contributed by atoms with E-state index in [9.17, 15) is 4.79 Å². The first-order chi connectivity index (χ1) is 7.22. The third-order valence-electron chi connectivity index (χ3n) is 4.27. The normalized spacial score (nSPS) is 41.7. The fourth-order valence-electron chi connectivity index (χ4n) is 3.97. The highest BCUT2D eigenvalue weighted by molar-refractivity contribution is 5.91. The fraction of sp³-hybridized carbons (Fsp3) is 0.818. The maximum absolute atomic E-state index is 10.6. The van der Waals surface area contributed by atoms with Gasteiger partial charge in [-0.3, -0.25) is 0 Å². The molecule has 0 radical (unpaired) electrons. The molecule has 0 aromatic rings. The number of rotatable bonds is 1. The lowest BCUT2D eigenvalue weighted by Crippen LogP contribution is -2.46. The number of carbonyl (C=O) groups excluding carboxylic acids is 1. The maximum atomic E-state index is 10.6. The summed E-state index contributed by atoms with van der Waals surface area (Å²) in [5, 5.41) is 4.21. The summed E-state index contributed by atoms with van der Waals surface area (Å²) in [4.78, 5) is 10.6. The second kappa shape index (κ2) is 3.22. The summed E-state index contributed by atoms with van der Waals surface area (Å²) in [7, 11) is 0. The highest BCUT2D eigenvalue weighted by Crippen LogP contribution is 2.52. The first-order valence-corrected chi connectivity index (χ1v) is 5.85. The molecule has 4 heteroatoms. The molecule has 0 saturated heterocycles. The third kappa shape index (κ3) is 1.52. The Morgan fingerprint density at radius 3 is 2.13 bits per heavy atom. The molecule has 4 saturated carbocycles. The molecule has 15 heavy (non-hydrogen) atoms. The quantitative estimate of drug-likeness (QED) is 0.628. The van der Waals surface area contributed by atoms with E-state index in [4.69, 9.17) is 5.73 Å². The number of urea groups is 1. The fourth-order valence-corrected chi connectivity index (χ4v) is 3.97. The average Bonchev–Trinajstić information content (AvgIpc) is 2.14. The summed E-state index contributed by atoms with van der Waals surface area (Å²) in [6, 6.07) is -0.545. The van der Waals surface area contributed by atoms with Crippen molar-refractivity contribution in [1.82, 2.24) is 5.43 Å². The van der Waals surface area contributed by atoms with Crippen LogP contribution in [0, 0.1) is 23.7 Å². The highest BCUT2D eigenvalue weighted by atomic mass is 16.2. The number of nitrogens with zero attached hydrogens (tertiary/aromatic N) is 1. The first kappa shape index (κ1) is 9.19. The molecular formula is C11H17N3O. The van der Waals surface area contributed by atoms with E-state index in [0.717, 1.165) is 11.8 Å². The summed E-state index contributed by atoms with van der Waals surface area (Å²) in [6.45, 7) is 0. The zero-order valence-corrected chi connectivity index (χ0v) is 8.78. The summed E-state index contributed by atoms with van der Waals surface area (Å²) in [5.41, 5.74) is 8.66. The van der Waals surface area contributed by atoms with Crippen molar-refractivity contribution in [2.24, 2.45) is 34.5 Å². The molecule has 4 nitrogen and oxygen atoms in total. The lowest BCUT2D eigenvalue weighted by atomic mass is 9.55. The van der Waals surface area contributed by atoms with Gasteiger partial charge in [-0.05, 0) is 55.8 Å². The zero-order valence-electron chi connectivity index (χ0n) is 8.78. The molecular weight excluding hydrogens is 190 g/mol. The second-order valence-electron chi connectivity index (χ2n) is 5.32. The van der Waals surface area contributed by atoms with Gasteiger partial charge < -0.3 is 5.73 Å². The van der Waals surface area contributed by atoms with Crippen LogP contribution >= 0.6 is 0 Å². The molecule has 0 aromatic heterocycles. The van der Waals surface area contributed by atoms with Crippen molar-refractivity contribution in [1.29, 1.82) is 0 Å². The van der Waals surface area contributed by atoms with Gasteiger partial charge in [0.2, 0.25) is 0 Å². The SMILES string of the molecule is NC(=O)NN=C1C2CC3CC(C2)CC1C3. The van der Waals surface area contributed by atoms with Gasteiger partial charge in [0.15, 0.2) is 0 Å². The number of amides is 2. The Labute approximate surface area is 89.3 Å². The van der Waals surface area contributed by atoms with E-state index < -0.39 is 6.03 Å². The van der Waals surface area contributed by atoms with E-state index in [-0.39, 0.29) is 0 Å². The summed E-state index contributed by atoms with van der Waals surface area (Å²) >= 11 is 0. The minimum atomic E-state index is -0.545. The number of primary amides is 1. The molecule has 0 unspecified atom stereocenters. The van der Waals surface area contributed by atoms with Crippen LogP contribution in [-0.4, -0.2) is 11.7 Å². The van der Waals surface area contributed by atoms with Gasteiger partial charge in [0.25, 0.3) is 0 Å². The molecule has 82 valence electrons. The van der Waals surface area contributed by atoms with Gasteiger partial charge in [-0.15, -0.1) is 0 Å². The van der Waals surface area contributed by atoms with Gasteiger partial charge >= 0.3 is 6.03 Å². The molecule has 4 aliphatic carbocycles. The van der Waals surface area contributed by atoms with Crippen LogP contribution < -0.4 is 11.2 Å². The van der Waals surface area contributed by atoms with Crippen LogP contribution in [0.3, 0.4) is 0 Å². The molecule has 0 spiro atoms. The van der Waals surface area contributed by atoms with Crippen molar-refractivity contribution in [3.8, 4) is 0 Å². The van der Waals surface area contributed by atoms with Crippen molar-refractivity contribution in [3.05, 3.63) is 0 Å². The molecule has 4 rings (SSSR count). The van der Waals surface area contributed by atoms with E-state index in [1.807, 2.05) is 0 Å². The number of hydrogen-bond donors (Lipinski definition) is 2. The van der Waals surface area contributed by atoms with Gasteiger partial charge in [-0.2, -0.15) is 5.10 Å². The summed E-state index contributed by atoms with van der Waals surface area (Å²) in [5.74, 6) is 3.13. The van der Waals surface area contributed by atoms with Gasteiger partial charge in [0.05, 0.1) is 0 Å². The molecule has 0 atom stereocenters. The Hall–Kier alpha value is -1.06. The average molecular weight is 207 g/mol. The number of hydrogen-bond acceptors (Lipinski definition) is 2. The predicted molar refractivity (Wildman–Crippen MR) is 57.2 cm³/mol. The number of carbonyl (C=O) groups is 1. The smallest absolute Gasteiger partial charge is 0.332 e. The van der Waals surface area contributed by atoms with Crippen LogP contribution in [0.25, 0.3) is 0 Å². The van der Waals surface area contributed by atoms with Crippen molar-refractivity contribution in [2.75, 3.05) is 0 Å². The van der Waals surface area contributed by atoms with Gasteiger partial charge in [0.1, 0.15) is 0 Å². The van der Waals surface area contributed by atoms with Gasteiger partial charge in [0, 0.05) is 5.71 Å². The van der Waals surface area contributed by atoms with Crippen molar-refractivity contribution < 1.29 is 4.79 Å². The largest absolute Gasteiger partial charge is 0.350 e. The number of nitrogens with two attached hydrogens (primary N) is 1. The minimum Gasteiger partial charge on any atom is -0.350 e. The molecule has 4 aliphatic rings. The maximum Gasteiger partial charge on any atom is 0.332 e. The van der Waals surface area contributed by atoms with E-state index in [1.165, 1.54) is 37.8 Å². The Balaban J connectivity index is 1.80. The Morgan fingerprint density at radius 1 is 1.13 bits per heavy atom. The standard InChI is InChI=1S/C11H17N3O/c12-11(15)14-13-10-8-2-6-1-7(4-8)5-9(10)3-6/h6-9H,1-5H2,(H3,12,14,15). The lowest BCUT2D eigenvalue weighted by Gasteiger charge is -2.50. The number of nitrogens with one attached hydrogen (secondary N) is 1. The minimum absolute atomic E-state index is 0.545.